The van der Waals surface area contributed by atoms with Crippen LogP contribution in [0, 0.1) is 6.92 Å². The molecular formula is C19H23NO5. The molecule has 0 fully saturated rings. The Kier molecular flexibility index (Phi) is 6.65. The highest BCUT2D eigenvalue weighted by Gasteiger charge is 2.16. The standard InChI is InChI=1S/C19H23NO5/c1-4-24-18-11-14(6-8-16(18)21)7-10-19(22)20-15(12-23-3)17-9-5-13(2)25-17/h5-11,15,21H,4,12H2,1-3H3,(H,20,22)/b10-7+. The highest BCUT2D eigenvalue weighted by molar-refractivity contribution is 5.92. The molecule has 0 saturated carbocycles. The van der Waals surface area contributed by atoms with Gasteiger partial charge < -0.3 is 24.3 Å². The average molecular weight is 345 g/mol. The number of hydrogen-bond donors (Lipinski definition) is 2. The molecule has 0 saturated heterocycles. The van der Waals surface area contributed by atoms with Gasteiger partial charge in [-0.25, -0.2) is 0 Å². The number of carbonyl (C=O) groups is 1. The summed E-state index contributed by atoms with van der Waals surface area (Å²) in [6.07, 6.45) is 3.06. The molecule has 25 heavy (non-hydrogen) atoms. The Labute approximate surface area is 147 Å². The number of ether oxygens (including phenoxy) is 2. The number of furan rings is 1. The summed E-state index contributed by atoms with van der Waals surface area (Å²) in [7, 11) is 1.57. The first-order valence-corrected chi connectivity index (χ1v) is 8.03. The number of phenolic OH excluding ortho intramolecular Hbond substituents is 1. The SMILES string of the molecule is CCOc1cc(/C=C/C(=O)NC(COC)c2ccc(C)o2)ccc1O. The second kappa shape index (κ2) is 8.94. The van der Waals surface area contributed by atoms with Gasteiger partial charge in [-0.2, -0.15) is 0 Å². The molecule has 6 nitrogen and oxygen atoms in total. The third-order valence-corrected chi connectivity index (χ3v) is 3.47. The Morgan fingerprint density at radius 2 is 2.16 bits per heavy atom. The first-order chi connectivity index (χ1) is 12.0. The predicted molar refractivity (Wildman–Crippen MR) is 94.5 cm³/mol. The zero-order valence-electron chi connectivity index (χ0n) is 14.6. The zero-order chi connectivity index (χ0) is 18.2. The highest BCUT2D eigenvalue weighted by Crippen LogP contribution is 2.27. The lowest BCUT2D eigenvalue weighted by Crippen LogP contribution is -2.29. The summed E-state index contributed by atoms with van der Waals surface area (Å²) in [5.74, 6) is 1.59. The van der Waals surface area contributed by atoms with Crippen molar-refractivity contribution in [2.75, 3.05) is 20.3 Å². The number of aryl methyl sites for hydroxylation is 1. The fourth-order valence-electron chi connectivity index (χ4n) is 2.30. The maximum absolute atomic E-state index is 12.2. The van der Waals surface area contributed by atoms with Gasteiger partial charge in [0.1, 0.15) is 17.6 Å². The quantitative estimate of drug-likeness (QED) is 0.718. The summed E-state index contributed by atoms with van der Waals surface area (Å²) < 4.78 is 16.0. The fourth-order valence-corrected chi connectivity index (χ4v) is 2.30. The topological polar surface area (TPSA) is 80.9 Å². The number of hydrogen-bond acceptors (Lipinski definition) is 5. The summed E-state index contributed by atoms with van der Waals surface area (Å²) in [6, 6.07) is 8.19. The number of methoxy groups -OCH3 is 1. The molecule has 1 atom stereocenters. The number of nitrogens with one attached hydrogen (secondary N) is 1. The van der Waals surface area contributed by atoms with Gasteiger partial charge in [0.15, 0.2) is 11.5 Å². The second-order valence-corrected chi connectivity index (χ2v) is 5.46. The molecule has 0 bridgehead atoms. The molecule has 0 spiro atoms. The van der Waals surface area contributed by atoms with Gasteiger partial charge in [-0.1, -0.05) is 6.07 Å². The average Bonchev–Trinajstić information content (AvgIpc) is 3.02. The van der Waals surface area contributed by atoms with E-state index in [1.165, 1.54) is 12.1 Å². The highest BCUT2D eigenvalue weighted by atomic mass is 16.5. The first kappa shape index (κ1) is 18.6. The van der Waals surface area contributed by atoms with Gasteiger partial charge in [-0.3, -0.25) is 4.79 Å². The third-order valence-electron chi connectivity index (χ3n) is 3.47. The van der Waals surface area contributed by atoms with Crippen molar-refractivity contribution in [1.29, 1.82) is 0 Å². The lowest BCUT2D eigenvalue weighted by molar-refractivity contribution is -0.117. The Morgan fingerprint density at radius 3 is 2.80 bits per heavy atom. The molecule has 6 heteroatoms. The molecule has 2 rings (SSSR count). The van der Waals surface area contributed by atoms with E-state index >= 15 is 0 Å². The van der Waals surface area contributed by atoms with Crippen molar-refractivity contribution in [3.05, 3.63) is 53.5 Å². The Bertz CT molecular complexity index is 735. The Morgan fingerprint density at radius 1 is 1.36 bits per heavy atom. The van der Waals surface area contributed by atoms with Crippen LogP contribution in [0.4, 0.5) is 0 Å². The summed E-state index contributed by atoms with van der Waals surface area (Å²) in [6.45, 7) is 4.43. The molecule has 0 radical (unpaired) electrons. The largest absolute Gasteiger partial charge is 0.504 e. The van der Waals surface area contributed by atoms with E-state index in [0.29, 0.717) is 24.7 Å². The van der Waals surface area contributed by atoms with E-state index in [4.69, 9.17) is 13.9 Å². The summed E-state index contributed by atoms with van der Waals surface area (Å²) >= 11 is 0. The Balaban J connectivity index is 2.04. The van der Waals surface area contributed by atoms with Crippen LogP contribution < -0.4 is 10.1 Å². The normalized spacial score (nSPS) is 12.3. The molecule has 2 aromatic rings. The lowest BCUT2D eigenvalue weighted by atomic mass is 10.2. The van der Waals surface area contributed by atoms with E-state index in [1.54, 1.807) is 25.3 Å². The summed E-state index contributed by atoms with van der Waals surface area (Å²) in [5, 5.41) is 12.5. The van der Waals surface area contributed by atoms with Crippen LogP contribution in [0.3, 0.4) is 0 Å². The number of phenols is 1. The molecule has 134 valence electrons. The third kappa shape index (κ3) is 5.39. The smallest absolute Gasteiger partial charge is 0.244 e. The van der Waals surface area contributed by atoms with Crippen molar-refractivity contribution >= 4 is 12.0 Å². The number of amides is 1. The van der Waals surface area contributed by atoms with Gasteiger partial charge in [0.2, 0.25) is 5.91 Å². The monoisotopic (exact) mass is 345 g/mol. The van der Waals surface area contributed by atoms with E-state index in [0.717, 1.165) is 11.3 Å². The molecule has 0 aliphatic heterocycles. The van der Waals surface area contributed by atoms with E-state index in [9.17, 15) is 9.90 Å². The minimum absolute atomic E-state index is 0.0665. The van der Waals surface area contributed by atoms with Crippen molar-refractivity contribution in [3.8, 4) is 11.5 Å². The zero-order valence-corrected chi connectivity index (χ0v) is 14.6. The van der Waals surface area contributed by atoms with Crippen molar-refractivity contribution in [1.82, 2.24) is 5.32 Å². The van der Waals surface area contributed by atoms with Crippen molar-refractivity contribution < 1.29 is 23.8 Å². The number of aromatic hydroxyl groups is 1. The number of benzene rings is 1. The van der Waals surface area contributed by atoms with Crippen molar-refractivity contribution in [2.45, 2.75) is 19.9 Å². The minimum atomic E-state index is -0.366. The second-order valence-electron chi connectivity index (χ2n) is 5.46. The molecule has 0 aliphatic rings. The molecule has 1 amide bonds. The van der Waals surface area contributed by atoms with E-state index in [2.05, 4.69) is 5.32 Å². The van der Waals surface area contributed by atoms with Crippen LogP contribution in [0.1, 0.15) is 30.0 Å². The minimum Gasteiger partial charge on any atom is -0.504 e. The van der Waals surface area contributed by atoms with E-state index in [-0.39, 0.29) is 17.7 Å². The van der Waals surface area contributed by atoms with Crippen molar-refractivity contribution in [3.63, 3.8) is 0 Å². The van der Waals surface area contributed by atoms with Crippen LogP contribution >= 0.6 is 0 Å². The van der Waals surface area contributed by atoms with E-state index < -0.39 is 0 Å². The van der Waals surface area contributed by atoms with Crippen LogP contribution in [0.15, 0.2) is 40.8 Å². The lowest BCUT2D eigenvalue weighted by Gasteiger charge is -2.14. The summed E-state index contributed by atoms with van der Waals surface area (Å²) in [4.78, 5) is 12.2. The van der Waals surface area contributed by atoms with E-state index in [1.807, 2.05) is 26.0 Å². The van der Waals surface area contributed by atoms with Crippen LogP contribution in [-0.2, 0) is 9.53 Å². The van der Waals surface area contributed by atoms with Gasteiger partial charge in [0, 0.05) is 13.2 Å². The van der Waals surface area contributed by atoms with Gasteiger partial charge >= 0.3 is 0 Å². The van der Waals surface area contributed by atoms with Crippen LogP contribution in [0.25, 0.3) is 6.08 Å². The fraction of sp³-hybridized carbons (Fsp3) is 0.316. The Hall–Kier alpha value is -2.73. The first-order valence-electron chi connectivity index (χ1n) is 8.03. The molecule has 1 aromatic carbocycles. The van der Waals surface area contributed by atoms with Gasteiger partial charge in [0.25, 0.3) is 0 Å². The van der Waals surface area contributed by atoms with Crippen LogP contribution in [0.2, 0.25) is 0 Å². The van der Waals surface area contributed by atoms with Crippen molar-refractivity contribution in [2.24, 2.45) is 0 Å². The maximum atomic E-state index is 12.2. The molecular weight excluding hydrogens is 322 g/mol. The van der Waals surface area contributed by atoms with Crippen LogP contribution in [-0.4, -0.2) is 31.3 Å². The van der Waals surface area contributed by atoms with Gasteiger partial charge in [-0.15, -0.1) is 0 Å². The maximum Gasteiger partial charge on any atom is 0.244 e. The number of rotatable bonds is 8. The summed E-state index contributed by atoms with van der Waals surface area (Å²) in [5.41, 5.74) is 0.744. The van der Waals surface area contributed by atoms with Crippen LogP contribution in [0.5, 0.6) is 11.5 Å². The van der Waals surface area contributed by atoms with Gasteiger partial charge in [-0.05, 0) is 49.8 Å². The molecule has 1 unspecified atom stereocenters. The molecule has 1 heterocycles. The predicted octanol–water partition coefficient (Wildman–Crippen LogP) is 3.21. The molecule has 0 aliphatic carbocycles. The number of carbonyl (C=O) groups excluding carboxylic acids is 1. The molecule has 1 aromatic heterocycles. The van der Waals surface area contributed by atoms with Gasteiger partial charge in [0.05, 0.1) is 13.2 Å². The molecule has 2 N–H and O–H groups in total.